The van der Waals surface area contributed by atoms with Gasteiger partial charge in [0.25, 0.3) is 0 Å². The molecule has 0 aliphatic heterocycles. The molecule has 3 saturated carbocycles. The lowest BCUT2D eigenvalue weighted by atomic mass is 9.43. The smallest absolute Gasteiger partial charge is 0.118 e. The van der Waals surface area contributed by atoms with Crippen molar-refractivity contribution in [3.8, 4) is 6.07 Å². The van der Waals surface area contributed by atoms with Crippen LogP contribution in [0, 0.1) is 22.7 Å². The average molecular weight is 134 g/mol. The van der Waals surface area contributed by atoms with Gasteiger partial charge in [-0.05, 0) is 25.2 Å². The molecule has 0 aromatic carbocycles. The minimum atomic E-state index is 0.272. The molecule has 3 rings (SSSR count). The summed E-state index contributed by atoms with van der Waals surface area (Å²) < 4.78 is 0. The first-order valence-electron chi connectivity index (χ1n) is 3.68. The van der Waals surface area contributed by atoms with Gasteiger partial charge in [-0.1, -0.05) is 0 Å². The Kier molecular flexibility index (Phi) is 0.947. The zero-order valence-corrected chi connectivity index (χ0v) is 6.09. The van der Waals surface area contributed by atoms with Gasteiger partial charge in [-0.3, -0.25) is 4.99 Å². The van der Waals surface area contributed by atoms with Gasteiger partial charge in [0.1, 0.15) is 11.8 Å². The van der Waals surface area contributed by atoms with E-state index in [-0.39, 0.29) is 5.41 Å². The lowest BCUT2D eigenvalue weighted by Gasteiger charge is -2.60. The number of rotatable bonds is 1. The van der Waals surface area contributed by atoms with Crippen LogP contribution in [-0.2, 0) is 0 Å². The summed E-state index contributed by atoms with van der Waals surface area (Å²) >= 11 is 0. The molecule has 0 atom stereocenters. The summed E-state index contributed by atoms with van der Waals surface area (Å²) in [6.45, 7) is 0. The van der Waals surface area contributed by atoms with Crippen molar-refractivity contribution in [2.45, 2.75) is 19.3 Å². The topological polar surface area (TPSA) is 36.1 Å². The van der Waals surface area contributed by atoms with E-state index in [0.29, 0.717) is 0 Å². The van der Waals surface area contributed by atoms with E-state index in [1.165, 1.54) is 19.3 Å². The summed E-state index contributed by atoms with van der Waals surface area (Å²) in [5, 5.41) is 8.67. The fourth-order valence-electron chi connectivity index (χ4n) is 2.17. The highest BCUT2D eigenvalue weighted by Gasteiger charge is 2.59. The summed E-state index contributed by atoms with van der Waals surface area (Å²) in [4.78, 5) is 3.99. The van der Waals surface area contributed by atoms with Crippen molar-refractivity contribution in [3.05, 3.63) is 0 Å². The van der Waals surface area contributed by atoms with Gasteiger partial charge >= 0.3 is 0 Å². The molecule has 3 fully saturated rings. The third kappa shape index (κ3) is 0.465. The molecule has 0 aromatic heterocycles. The third-order valence-corrected chi connectivity index (χ3v) is 2.87. The SMILES string of the molecule is CN=C(C#N)C12CC(C1)C2. The Hall–Kier alpha value is -0.840. The quantitative estimate of drug-likeness (QED) is 0.499. The van der Waals surface area contributed by atoms with Crippen LogP contribution in [0.2, 0.25) is 0 Å². The van der Waals surface area contributed by atoms with Gasteiger partial charge in [0.15, 0.2) is 0 Å². The van der Waals surface area contributed by atoms with E-state index >= 15 is 0 Å². The molecule has 3 aliphatic rings. The Morgan fingerprint density at radius 3 is 2.30 bits per heavy atom. The van der Waals surface area contributed by atoms with Gasteiger partial charge in [0.05, 0.1) is 0 Å². The largest absolute Gasteiger partial charge is 0.281 e. The Balaban J connectivity index is 2.19. The first-order chi connectivity index (χ1) is 4.80. The molecule has 0 unspecified atom stereocenters. The van der Waals surface area contributed by atoms with Gasteiger partial charge in [0.2, 0.25) is 0 Å². The molecule has 10 heavy (non-hydrogen) atoms. The van der Waals surface area contributed by atoms with Crippen LogP contribution in [0.25, 0.3) is 0 Å². The summed E-state index contributed by atoms with van der Waals surface area (Å²) in [6, 6.07) is 2.18. The van der Waals surface area contributed by atoms with Crippen molar-refractivity contribution in [1.29, 1.82) is 5.26 Å². The highest BCUT2D eigenvalue weighted by atomic mass is 14.8. The maximum absolute atomic E-state index is 8.67. The second-order valence-electron chi connectivity index (χ2n) is 3.44. The summed E-state index contributed by atoms with van der Waals surface area (Å²) in [5.41, 5.74) is 1.06. The standard InChI is InChI=1S/C8H10N2/c1-10-7(5-9)8-2-6(3-8)4-8/h6H,2-4H2,1H3. The fourth-order valence-corrected chi connectivity index (χ4v) is 2.17. The van der Waals surface area contributed by atoms with E-state index in [1.807, 2.05) is 0 Å². The predicted molar refractivity (Wildman–Crippen MR) is 38.7 cm³/mol. The first kappa shape index (κ1) is 5.91. The van der Waals surface area contributed by atoms with Crippen LogP contribution in [0.4, 0.5) is 0 Å². The normalized spacial score (nSPS) is 43.2. The molecule has 0 radical (unpaired) electrons. The predicted octanol–water partition coefficient (Wildman–Crippen LogP) is 1.38. The molecular formula is C8H10N2. The molecule has 0 saturated heterocycles. The lowest BCUT2D eigenvalue weighted by molar-refractivity contribution is -0.0392. The van der Waals surface area contributed by atoms with E-state index in [9.17, 15) is 0 Å². The maximum atomic E-state index is 8.67. The summed E-state index contributed by atoms with van der Waals surface area (Å²) in [5.74, 6) is 0.935. The minimum Gasteiger partial charge on any atom is -0.281 e. The Bertz CT molecular complexity index is 217. The second kappa shape index (κ2) is 1.60. The van der Waals surface area contributed by atoms with Crippen LogP contribution >= 0.6 is 0 Å². The Morgan fingerprint density at radius 2 is 2.20 bits per heavy atom. The van der Waals surface area contributed by atoms with E-state index in [2.05, 4.69) is 11.1 Å². The van der Waals surface area contributed by atoms with Crippen LogP contribution in [0.5, 0.6) is 0 Å². The van der Waals surface area contributed by atoms with Gasteiger partial charge in [-0.2, -0.15) is 5.26 Å². The van der Waals surface area contributed by atoms with Crippen molar-refractivity contribution in [1.82, 2.24) is 0 Å². The molecule has 3 aliphatic carbocycles. The van der Waals surface area contributed by atoms with Gasteiger partial charge in [-0.25, -0.2) is 0 Å². The highest BCUT2D eigenvalue weighted by Crippen LogP contribution is 2.64. The highest BCUT2D eigenvalue weighted by molar-refractivity contribution is 6.04. The lowest BCUT2D eigenvalue weighted by Crippen LogP contribution is -2.56. The minimum absolute atomic E-state index is 0.272. The zero-order valence-electron chi connectivity index (χ0n) is 6.09. The molecule has 0 aromatic rings. The van der Waals surface area contributed by atoms with Crippen LogP contribution in [0.3, 0.4) is 0 Å². The monoisotopic (exact) mass is 134 g/mol. The Labute approximate surface area is 60.6 Å². The van der Waals surface area contributed by atoms with E-state index in [1.54, 1.807) is 7.05 Å². The van der Waals surface area contributed by atoms with Crippen molar-refractivity contribution >= 4 is 5.71 Å². The van der Waals surface area contributed by atoms with Crippen LogP contribution in [0.15, 0.2) is 4.99 Å². The first-order valence-corrected chi connectivity index (χ1v) is 3.68. The van der Waals surface area contributed by atoms with Crippen molar-refractivity contribution in [2.24, 2.45) is 16.3 Å². The number of aliphatic imine (C=N–C) groups is 1. The molecule has 2 nitrogen and oxygen atoms in total. The van der Waals surface area contributed by atoms with Gasteiger partial charge < -0.3 is 0 Å². The molecular weight excluding hydrogens is 124 g/mol. The van der Waals surface area contributed by atoms with Crippen molar-refractivity contribution < 1.29 is 0 Å². The van der Waals surface area contributed by atoms with E-state index < -0.39 is 0 Å². The Morgan fingerprint density at radius 1 is 1.60 bits per heavy atom. The maximum Gasteiger partial charge on any atom is 0.118 e. The third-order valence-electron chi connectivity index (χ3n) is 2.87. The van der Waals surface area contributed by atoms with Crippen molar-refractivity contribution in [2.75, 3.05) is 7.05 Å². The number of hydrogen-bond acceptors (Lipinski definition) is 2. The zero-order chi connectivity index (χ0) is 7.19. The number of nitriles is 1. The van der Waals surface area contributed by atoms with Gasteiger partial charge in [0, 0.05) is 12.5 Å². The summed E-state index contributed by atoms with van der Waals surface area (Å²) in [7, 11) is 1.72. The van der Waals surface area contributed by atoms with Gasteiger partial charge in [-0.15, -0.1) is 0 Å². The van der Waals surface area contributed by atoms with Crippen LogP contribution in [-0.4, -0.2) is 12.8 Å². The number of nitrogens with zero attached hydrogens (tertiary/aromatic N) is 2. The number of hydrogen-bond donors (Lipinski definition) is 0. The summed E-state index contributed by atoms with van der Waals surface area (Å²) in [6.07, 6.45) is 3.69. The molecule has 0 amide bonds. The van der Waals surface area contributed by atoms with E-state index in [4.69, 9.17) is 5.26 Å². The molecule has 52 valence electrons. The fraction of sp³-hybridized carbons (Fsp3) is 0.750. The average Bonchev–Trinajstić information content (AvgIpc) is 1.74. The molecule has 0 N–H and O–H groups in total. The molecule has 0 spiro atoms. The van der Waals surface area contributed by atoms with Crippen molar-refractivity contribution in [3.63, 3.8) is 0 Å². The molecule has 2 bridgehead atoms. The van der Waals surface area contributed by atoms with Crippen LogP contribution in [0.1, 0.15) is 19.3 Å². The van der Waals surface area contributed by atoms with Crippen LogP contribution < -0.4 is 0 Å². The molecule has 0 heterocycles. The second-order valence-corrected chi connectivity index (χ2v) is 3.44. The van der Waals surface area contributed by atoms with E-state index in [0.717, 1.165) is 11.6 Å². The molecule has 2 heteroatoms.